The van der Waals surface area contributed by atoms with Crippen LogP contribution in [-0.4, -0.2) is 73.9 Å². The quantitative estimate of drug-likeness (QED) is 0.271. The molecule has 2 amide bonds. The van der Waals surface area contributed by atoms with Crippen molar-refractivity contribution in [2.24, 2.45) is 5.41 Å². The molecule has 0 saturated carbocycles. The number of aliphatic carboxylic acids is 1. The Morgan fingerprint density at radius 2 is 1.86 bits per heavy atom. The van der Waals surface area contributed by atoms with E-state index in [0.717, 1.165) is 12.3 Å². The van der Waals surface area contributed by atoms with Crippen molar-refractivity contribution in [3.8, 4) is 0 Å². The minimum atomic E-state index is -3.88. The first-order valence-electron chi connectivity index (χ1n) is 13.6. The Bertz CT molecular complexity index is 1450. The lowest BCUT2D eigenvalue weighted by atomic mass is 9.79. The van der Waals surface area contributed by atoms with Gasteiger partial charge in [0.2, 0.25) is 6.23 Å². The average molecular weight is 623 g/mol. The number of rotatable bonds is 8. The summed E-state index contributed by atoms with van der Waals surface area (Å²) >= 11 is 0. The predicted octanol–water partition coefficient (Wildman–Crippen LogP) is 3.02. The maximum absolute atomic E-state index is 14.3. The third-order valence-electron chi connectivity index (χ3n) is 7.41. The van der Waals surface area contributed by atoms with Crippen LogP contribution in [0.5, 0.6) is 0 Å². The average Bonchev–Trinajstić information content (AvgIpc) is 3.20. The van der Waals surface area contributed by atoms with Crippen LogP contribution in [0.2, 0.25) is 0 Å². The monoisotopic (exact) mass is 622 g/mol. The topological polar surface area (TPSA) is 199 Å². The first kappa shape index (κ1) is 32.5. The number of alkyl halides is 2. The van der Waals surface area contributed by atoms with Gasteiger partial charge in [0.25, 0.3) is 0 Å². The highest BCUT2D eigenvalue weighted by Crippen LogP contribution is 2.42. The van der Waals surface area contributed by atoms with Gasteiger partial charge in [0.1, 0.15) is 24.6 Å². The molecule has 14 nitrogen and oxygen atoms in total. The van der Waals surface area contributed by atoms with Crippen LogP contribution in [0.4, 0.5) is 29.9 Å². The number of carboxylic acids is 1. The molecule has 1 saturated heterocycles. The Balaban J connectivity index is 1.25. The van der Waals surface area contributed by atoms with Crippen LogP contribution in [0.25, 0.3) is 0 Å². The smallest absolute Gasteiger partial charge is 0.413 e. The molecule has 2 heterocycles. The van der Waals surface area contributed by atoms with Crippen LogP contribution < -0.4 is 16.3 Å². The summed E-state index contributed by atoms with van der Waals surface area (Å²) in [6, 6.07) is 7.30. The number of benzene rings is 1. The Labute approximate surface area is 249 Å². The lowest BCUT2D eigenvalue weighted by Crippen LogP contribution is -2.41. The predicted molar refractivity (Wildman–Crippen MR) is 148 cm³/mol. The maximum Gasteiger partial charge on any atom is 0.413 e. The SMILES string of the molecule is C[C@@]1(C(=O)O)CC/C=C/[C@H](OC(=O)Nc2ccc(COC(=O)Nc3ccn([C@@H]4O[C@H](CO)[C@@H](O)C4(F)F)c(=O)n3)cc2)CC1. The molecule has 0 spiro atoms. The molecule has 16 heteroatoms. The van der Waals surface area contributed by atoms with Crippen molar-refractivity contribution in [2.45, 2.75) is 69.7 Å². The molecule has 5 atom stereocenters. The molecule has 238 valence electrons. The Morgan fingerprint density at radius 3 is 2.50 bits per heavy atom. The summed E-state index contributed by atoms with van der Waals surface area (Å²) in [5, 5.41) is 33.0. The van der Waals surface area contributed by atoms with Crippen molar-refractivity contribution in [3.63, 3.8) is 0 Å². The van der Waals surface area contributed by atoms with Crippen molar-refractivity contribution >= 4 is 29.7 Å². The summed E-state index contributed by atoms with van der Waals surface area (Å²) in [4.78, 5) is 52.0. The Kier molecular flexibility index (Phi) is 9.96. The fraction of sp³-hybridized carbons (Fsp3) is 0.464. The van der Waals surface area contributed by atoms with Gasteiger partial charge in [-0.15, -0.1) is 0 Å². The van der Waals surface area contributed by atoms with E-state index < -0.39 is 66.3 Å². The van der Waals surface area contributed by atoms with Gasteiger partial charge in [-0.3, -0.25) is 20.0 Å². The number of halogens is 2. The van der Waals surface area contributed by atoms with Crippen LogP contribution in [-0.2, 0) is 25.6 Å². The molecule has 1 fully saturated rings. The molecule has 1 aromatic heterocycles. The van der Waals surface area contributed by atoms with Gasteiger partial charge in [0.05, 0.1) is 12.0 Å². The minimum Gasteiger partial charge on any atom is -0.481 e. The van der Waals surface area contributed by atoms with Gasteiger partial charge in [-0.05, 0) is 62.4 Å². The molecular formula is C28H32F2N4O10. The third-order valence-corrected chi connectivity index (χ3v) is 7.41. The zero-order valence-electron chi connectivity index (χ0n) is 23.5. The van der Waals surface area contributed by atoms with Crippen molar-refractivity contribution in [1.29, 1.82) is 0 Å². The number of anilines is 2. The van der Waals surface area contributed by atoms with E-state index in [4.69, 9.17) is 19.3 Å². The van der Waals surface area contributed by atoms with E-state index in [1.807, 2.05) is 0 Å². The molecule has 1 aromatic carbocycles. The molecule has 44 heavy (non-hydrogen) atoms. The molecule has 4 rings (SSSR count). The van der Waals surface area contributed by atoms with Crippen LogP contribution >= 0.6 is 0 Å². The number of ether oxygens (including phenoxy) is 3. The number of nitrogens with zero attached hydrogens (tertiary/aromatic N) is 2. The van der Waals surface area contributed by atoms with E-state index >= 15 is 0 Å². The number of nitrogens with one attached hydrogen (secondary N) is 2. The Hall–Kier alpha value is -4.41. The number of allylic oxidation sites excluding steroid dienone is 1. The van der Waals surface area contributed by atoms with E-state index in [-0.39, 0.29) is 12.4 Å². The summed E-state index contributed by atoms with van der Waals surface area (Å²) in [6.45, 7) is 0.587. The van der Waals surface area contributed by atoms with Gasteiger partial charge in [0.15, 0.2) is 6.10 Å². The first-order chi connectivity index (χ1) is 20.8. The fourth-order valence-electron chi connectivity index (χ4n) is 4.68. The summed E-state index contributed by atoms with van der Waals surface area (Å²) in [6.07, 6.45) is -2.20. The van der Waals surface area contributed by atoms with E-state index in [2.05, 4.69) is 15.6 Å². The van der Waals surface area contributed by atoms with E-state index in [9.17, 15) is 38.2 Å². The third kappa shape index (κ3) is 7.56. The number of hydrogen-bond acceptors (Lipinski definition) is 10. The zero-order valence-corrected chi connectivity index (χ0v) is 23.5. The summed E-state index contributed by atoms with van der Waals surface area (Å²) in [7, 11) is 0. The number of carbonyl (C=O) groups is 3. The number of aliphatic hydroxyl groups excluding tert-OH is 2. The second-order valence-electron chi connectivity index (χ2n) is 10.7. The van der Waals surface area contributed by atoms with E-state index in [1.54, 1.807) is 43.3 Å². The summed E-state index contributed by atoms with van der Waals surface area (Å²) < 4.78 is 44.5. The first-order valence-corrected chi connectivity index (χ1v) is 13.6. The summed E-state index contributed by atoms with van der Waals surface area (Å²) in [5.74, 6) is -5.05. The number of aromatic nitrogens is 2. The number of hydrogen-bond donors (Lipinski definition) is 5. The number of amides is 2. The highest BCUT2D eigenvalue weighted by Gasteiger charge is 2.59. The van der Waals surface area contributed by atoms with Gasteiger partial charge >= 0.3 is 29.8 Å². The number of aliphatic hydroxyl groups is 2. The van der Waals surface area contributed by atoms with Gasteiger partial charge in [-0.2, -0.15) is 13.8 Å². The lowest BCUT2D eigenvalue weighted by molar-refractivity contribution is -0.149. The number of carbonyl (C=O) groups excluding carboxylic acids is 2. The van der Waals surface area contributed by atoms with Crippen LogP contribution in [0, 0.1) is 5.41 Å². The van der Waals surface area contributed by atoms with Gasteiger partial charge in [-0.1, -0.05) is 18.2 Å². The molecule has 1 aliphatic carbocycles. The lowest BCUT2D eigenvalue weighted by Gasteiger charge is -2.27. The fourth-order valence-corrected chi connectivity index (χ4v) is 4.68. The largest absolute Gasteiger partial charge is 0.481 e. The molecule has 2 aliphatic rings. The van der Waals surface area contributed by atoms with Gasteiger partial charge in [0, 0.05) is 11.9 Å². The highest BCUT2D eigenvalue weighted by molar-refractivity contribution is 5.85. The van der Waals surface area contributed by atoms with Crippen molar-refractivity contribution < 1.29 is 52.7 Å². The zero-order chi connectivity index (χ0) is 32.1. The van der Waals surface area contributed by atoms with Crippen LogP contribution in [0.1, 0.15) is 44.4 Å². The second kappa shape index (κ2) is 13.5. The van der Waals surface area contributed by atoms with E-state index in [1.165, 1.54) is 0 Å². The van der Waals surface area contributed by atoms with Crippen LogP contribution in [0.15, 0.2) is 53.5 Å². The highest BCUT2D eigenvalue weighted by atomic mass is 19.3. The molecule has 0 radical (unpaired) electrons. The van der Waals surface area contributed by atoms with E-state index in [0.29, 0.717) is 41.5 Å². The molecule has 5 N–H and O–H groups in total. The Morgan fingerprint density at radius 1 is 1.14 bits per heavy atom. The molecule has 0 bridgehead atoms. The van der Waals surface area contributed by atoms with Gasteiger partial charge < -0.3 is 29.5 Å². The second-order valence-corrected chi connectivity index (χ2v) is 10.7. The van der Waals surface area contributed by atoms with Crippen molar-refractivity contribution in [3.05, 3.63) is 64.7 Å². The van der Waals surface area contributed by atoms with Crippen LogP contribution in [0.3, 0.4) is 0 Å². The maximum atomic E-state index is 14.3. The number of carboxylic acid groups (broad SMARTS) is 1. The molecule has 1 aliphatic heterocycles. The summed E-state index contributed by atoms with van der Waals surface area (Å²) in [5.41, 5.74) is -1.16. The minimum absolute atomic E-state index is 0.203. The standard InChI is InChI=1S/C28H32F2N4O10/c1-27(23(37)38)11-3-2-4-18(9-12-27)43-26(41)31-17-7-5-16(6-8-17)15-42-25(40)33-20-10-13-34(24(39)32-20)22-28(29,30)21(36)19(14-35)44-22/h2,4-8,10,13,18-19,21-22,35-36H,3,9,11-12,14-15H2,1H3,(H,31,41)(H,37,38)(H,32,33,39,40)/b4-2+/t18-,19+,21+,22+,27+/m0/s1. The normalized spacial score (nSPS) is 26.9. The molecule has 0 unspecified atom stereocenters. The van der Waals surface area contributed by atoms with Gasteiger partial charge in [-0.25, -0.2) is 14.4 Å². The van der Waals surface area contributed by atoms with Crippen molar-refractivity contribution in [2.75, 3.05) is 17.2 Å². The molecule has 2 aromatic rings. The van der Waals surface area contributed by atoms with Crippen molar-refractivity contribution in [1.82, 2.24) is 9.55 Å². The molecular weight excluding hydrogens is 590 g/mol.